The van der Waals surface area contributed by atoms with Gasteiger partial charge in [-0.3, -0.25) is 4.79 Å². The van der Waals surface area contributed by atoms with Crippen LogP contribution in [0.1, 0.15) is 29.0 Å². The Hall–Kier alpha value is -1.20. The van der Waals surface area contributed by atoms with Gasteiger partial charge in [0.2, 0.25) is 5.28 Å². The Bertz CT molecular complexity index is 414. The second-order valence-electron chi connectivity index (χ2n) is 4.12. The second-order valence-corrected chi connectivity index (χ2v) is 4.45. The third-order valence-corrected chi connectivity index (χ3v) is 2.80. The van der Waals surface area contributed by atoms with E-state index in [1.165, 1.54) is 0 Å². The summed E-state index contributed by atoms with van der Waals surface area (Å²) in [5.41, 5.74) is 0.955. The zero-order valence-corrected chi connectivity index (χ0v) is 10.3. The molecule has 1 N–H and O–H groups in total. The van der Waals surface area contributed by atoms with E-state index >= 15 is 0 Å². The molecule has 1 aromatic rings. The van der Waals surface area contributed by atoms with Crippen LogP contribution in [0, 0.1) is 6.92 Å². The molecule has 0 saturated heterocycles. The Labute approximate surface area is 104 Å². The summed E-state index contributed by atoms with van der Waals surface area (Å²) in [6, 6.07) is 1.85. The minimum absolute atomic E-state index is 0.0416. The molecule has 1 heterocycles. The van der Waals surface area contributed by atoms with E-state index in [-0.39, 0.29) is 23.8 Å². The predicted molar refractivity (Wildman–Crippen MR) is 62.9 cm³/mol. The minimum Gasteiger partial charge on any atom is -0.395 e. The van der Waals surface area contributed by atoms with Gasteiger partial charge in [0.1, 0.15) is 5.69 Å². The normalized spacial score (nSPS) is 14.8. The Morgan fingerprint density at radius 2 is 2.29 bits per heavy atom. The average Bonchev–Trinajstić information content (AvgIpc) is 3.07. The Morgan fingerprint density at radius 1 is 1.59 bits per heavy atom. The number of aliphatic hydroxyl groups is 1. The number of carbonyl (C=O) groups excluding carboxylic acids is 1. The molecular formula is C11H14ClN3O2. The van der Waals surface area contributed by atoms with Crippen molar-refractivity contribution in [3.8, 4) is 0 Å². The Morgan fingerprint density at radius 3 is 2.82 bits per heavy atom. The molecule has 17 heavy (non-hydrogen) atoms. The number of rotatable bonds is 4. The summed E-state index contributed by atoms with van der Waals surface area (Å²) >= 11 is 5.73. The third kappa shape index (κ3) is 2.92. The number of aliphatic hydroxyl groups excluding tert-OH is 1. The molecule has 0 spiro atoms. The predicted octanol–water partition coefficient (Wildman–Crippen LogP) is 1.04. The van der Waals surface area contributed by atoms with Crippen LogP contribution in [0.4, 0.5) is 0 Å². The average molecular weight is 256 g/mol. The fourth-order valence-electron chi connectivity index (χ4n) is 1.73. The fraction of sp³-hybridized carbons (Fsp3) is 0.545. The smallest absolute Gasteiger partial charge is 0.272 e. The van der Waals surface area contributed by atoms with E-state index in [0.29, 0.717) is 17.9 Å². The lowest BCUT2D eigenvalue weighted by molar-refractivity contribution is 0.0701. The summed E-state index contributed by atoms with van der Waals surface area (Å²) < 4.78 is 0. The van der Waals surface area contributed by atoms with Crippen LogP contribution in [-0.2, 0) is 0 Å². The van der Waals surface area contributed by atoms with Crippen LogP contribution in [0.25, 0.3) is 0 Å². The first-order valence-corrected chi connectivity index (χ1v) is 5.92. The maximum absolute atomic E-state index is 12.2. The van der Waals surface area contributed by atoms with Crippen molar-refractivity contribution in [1.29, 1.82) is 0 Å². The van der Waals surface area contributed by atoms with Gasteiger partial charge in [-0.25, -0.2) is 9.97 Å². The molecule has 92 valence electrons. The molecule has 0 aromatic carbocycles. The van der Waals surface area contributed by atoms with Crippen LogP contribution < -0.4 is 0 Å². The van der Waals surface area contributed by atoms with Gasteiger partial charge in [-0.05, 0) is 37.4 Å². The van der Waals surface area contributed by atoms with Gasteiger partial charge in [0.15, 0.2) is 0 Å². The second kappa shape index (κ2) is 4.98. The van der Waals surface area contributed by atoms with Crippen molar-refractivity contribution in [1.82, 2.24) is 14.9 Å². The number of carbonyl (C=O) groups is 1. The summed E-state index contributed by atoms with van der Waals surface area (Å²) in [5, 5.41) is 9.04. The molecule has 6 heteroatoms. The van der Waals surface area contributed by atoms with Crippen molar-refractivity contribution in [2.45, 2.75) is 25.8 Å². The zero-order chi connectivity index (χ0) is 12.4. The molecule has 0 bridgehead atoms. The van der Waals surface area contributed by atoms with Gasteiger partial charge in [-0.2, -0.15) is 0 Å². The number of halogens is 1. The molecule has 1 fully saturated rings. The highest BCUT2D eigenvalue weighted by Crippen LogP contribution is 2.27. The number of aromatic nitrogens is 2. The van der Waals surface area contributed by atoms with Crippen LogP contribution in [0.15, 0.2) is 6.07 Å². The molecule has 0 aliphatic heterocycles. The van der Waals surface area contributed by atoms with Gasteiger partial charge >= 0.3 is 0 Å². The molecule has 1 amide bonds. The van der Waals surface area contributed by atoms with Gasteiger partial charge in [-0.15, -0.1) is 0 Å². The van der Waals surface area contributed by atoms with E-state index in [1.54, 1.807) is 17.9 Å². The van der Waals surface area contributed by atoms with Crippen molar-refractivity contribution in [3.63, 3.8) is 0 Å². The number of aryl methyl sites for hydroxylation is 1. The largest absolute Gasteiger partial charge is 0.395 e. The Kier molecular flexibility index (Phi) is 3.59. The van der Waals surface area contributed by atoms with E-state index in [2.05, 4.69) is 9.97 Å². The summed E-state index contributed by atoms with van der Waals surface area (Å²) in [6.45, 7) is 2.06. The van der Waals surface area contributed by atoms with Crippen LogP contribution in [0.5, 0.6) is 0 Å². The fourth-order valence-corrected chi connectivity index (χ4v) is 1.96. The third-order valence-electron chi connectivity index (χ3n) is 2.64. The lowest BCUT2D eigenvalue weighted by Crippen LogP contribution is -2.36. The molecule has 2 rings (SSSR count). The van der Waals surface area contributed by atoms with Gasteiger partial charge in [-0.1, -0.05) is 0 Å². The lowest BCUT2D eigenvalue weighted by atomic mass is 10.3. The molecule has 0 unspecified atom stereocenters. The number of hydrogen-bond acceptors (Lipinski definition) is 4. The molecule has 1 aromatic heterocycles. The lowest BCUT2D eigenvalue weighted by Gasteiger charge is -2.20. The van der Waals surface area contributed by atoms with Gasteiger partial charge < -0.3 is 10.0 Å². The van der Waals surface area contributed by atoms with Crippen LogP contribution >= 0.6 is 11.6 Å². The molecule has 1 aliphatic rings. The highest BCUT2D eigenvalue weighted by Gasteiger charge is 2.33. The monoisotopic (exact) mass is 255 g/mol. The maximum atomic E-state index is 12.2. The van der Waals surface area contributed by atoms with Crippen molar-refractivity contribution < 1.29 is 9.90 Å². The van der Waals surface area contributed by atoms with E-state index in [1.807, 2.05) is 0 Å². The molecular weight excluding hydrogens is 242 g/mol. The van der Waals surface area contributed by atoms with Crippen molar-refractivity contribution in [3.05, 3.63) is 22.7 Å². The van der Waals surface area contributed by atoms with Gasteiger partial charge in [0, 0.05) is 18.3 Å². The molecule has 0 atom stereocenters. The van der Waals surface area contributed by atoms with E-state index in [0.717, 1.165) is 12.8 Å². The standard InChI is InChI=1S/C11H14ClN3O2/c1-7-6-9(14-11(12)13-7)10(17)15(4-5-16)8-2-3-8/h6,8,16H,2-5H2,1H3. The van der Waals surface area contributed by atoms with Crippen LogP contribution in [0.2, 0.25) is 5.28 Å². The van der Waals surface area contributed by atoms with Gasteiger partial charge in [0.05, 0.1) is 6.61 Å². The van der Waals surface area contributed by atoms with Crippen LogP contribution in [0.3, 0.4) is 0 Å². The van der Waals surface area contributed by atoms with Gasteiger partial charge in [0.25, 0.3) is 5.91 Å². The Balaban J connectivity index is 2.21. The van der Waals surface area contributed by atoms with Crippen LogP contribution in [-0.4, -0.2) is 45.1 Å². The van der Waals surface area contributed by atoms with Crippen molar-refractivity contribution in [2.24, 2.45) is 0 Å². The molecule has 1 aliphatic carbocycles. The number of hydrogen-bond donors (Lipinski definition) is 1. The summed E-state index contributed by atoms with van der Waals surface area (Å²) in [5.74, 6) is -0.186. The quantitative estimate of drug-likeness (QED) is 0.817. The maximum Gasteiger partial charge on any atom is 0.272 e. The molecule has 1 saturated carbocycles. The highest BCUT2D eigenvalue weighted by atomic mass is 35.5. The SMILES string of the molecule is Cc1cc(C(=O)N(CCO)C2CC2)nc(Cl)n1. The van der Waals surface area contributed by atoms with E-state index in [4.69, 9.17) is 16.7 Å². The number of nitrogens with zero attached hydrogens (tertiary/aromatic N) is 3. The van der Waals surface area contributed by atoms with E-state index in [9.17, 15) is 4.79 Å². The van der Waals surface area contributed by atoms with E-state index < -0.39 is 0 Å². The first kappa shape index (κ1) is 12.3. The number of amides is 1. The molecule has 5 nitrogen and oxygen atoms in total. The highest BCUT2D eigenvalue weighted by molar-refractivity contribution is 6.28. The first-order valence-electron chi connectivity index (χ1n) is 5.55. The summed E-state index contributed by atoms with van der Waals surface area (Å²) in [7, 11) is 0. The first-order chi connectivity index (χ1) is 8.11. The summed E-state index contributed by atoms with van der Waals surface area (Å²) in [6.07, 6.45) is 1.98. The van der Waals surface area contributed by atoms with Crippen molar-refractivity contribution >= 4 is 17.5 Å². The molecule has 0 radical (unpaired) electrons. The zero-order valence-electron chi connectivity index (χ0n) is 9.56. The summed E-state index contributed by atoms with van der Waals surface area (Å²) in [4.78, 5) is 21.7. The minimum atomic E-state index is -0.186. The topological polar surface area (TPSA) is 66.3 Å². The van der Waals surface area contributed by atoms with Crippen molar-refractivity contribution in [2.75, 3.05) is 13.2 Å².